The van der Waals surface area contributed by atoms with Crippen LogP contribution in [-0.4, -0.2) is 11.8 Å². The van der Waals surface area contributed by atoms with Crippen LogP contribution in [0.5, 0.6) is 0 Å². The zero-order valence-electron chi connectivity index (χ0n) is 11.7. The van der Waals surface area contributed by atoms with Gasteiger partial charge in [-0.15, -0.1) is 11.3 Å². The molecule has 0 radical (unpaired) electrons. The Morgan fingerprint density at radius 1 is 1.14 bits per heavy atom. The van der Waals surface area contributed by atoms with E-state index < -0.39 is 11.7 Å². The number of hydrogen-bond acceptors (Lipinski definition) is 3. The molecule has 0 fully saturated rings. The molecule has 0 aliphatic rings. The van der Waals surface area contributed by atoms with E-state index in [1.54, 1.807) is 6.07 Å². The molecule has 2 rings (SSSR count). The summed E-state index contributed by atoms with van der Waals surface area (Å²) in [7, 11) is 0. The van der Waals surface area contributed by atoms with Gasteiger partial charge in [-0.2, -0.15) is 0 Å². The minimum absolute atomic E-state index is 0.272. The van der Waals surface area contributed by atoms with Gasteiger partial charge in [0.05, 0.1) is 4.88 Å². The summed E-state index contributed by atoms with van der Waals surface area (Å²) in [6.07, 6.45) is 0.867. The molecule has 2 amide bonds. The molecule has 0 saturated heterocycles. The van der Waals surface area contributed by atoms with Crippen molar-refractivity contribution in [1.82, 2.24) is 10.9 Å². The van der Waals surface area contributed by atoms with Crippen LogP contribution in [0, 0.1) is 12.7 Å². The fourth-order valence-electron chi connectivity index (χ4n) is 1.83. The van der Waals surface area contributed by atoms with Crippen molar-refractivity contribution < 1.29 is 14.0 Å². The van der Waals surface area contributed by atoms with Gasteiger partial charge in [0.25, 0.3) is 11.8 Å². The predicted molar refractivity (Wildman–Crippen MR) is 79.8 cm³/mol. The molecule has 1 aromatic carbocycles. The summed E-state index contributed by atoms with van der Waals surface area (Å²) in [4.78, 5) is 25.4. The second-order valence-electron chi connectivity index (χ2n) is 4.49. The first-order valence-electron chi connectivity index (χ1n) is 6.46. The molecule has 0 bridgehead atoms. The number of hydrogen-bond donors (Lipinski definition) is 2. The smallest absolute Gasteiger partial charge is 0.267 e. The number of nitrogens with one attached hydrogen (secondary N) is 2. The van der Waals surface area contributed by atoms with Crippen molar-refractivity contribution in [2.45, 2.75) is 20.3 Å². The summed E-state index contributed by atoms with van der Waals surface area (Å²) >= 11 is 1.40. The number of carbonyl (C=O) groups excluding carboxylic acids is 2. The zero-order valence-corrected chi connectivity index (χ0v) is 12.5. The molecule has 6 heteroatoms. The van der Waals surface area contributed by atoms with Gasteiger partial charge in [-0.25, -0.2) is 4.39 Å². The van der Waals surface area contributed by atoms with Crippen molar-refractivity contribution in [3.05, 3.63) is 57.0 Å². The number of hydrazine groups is 1. The van der Waals surface area contributed by atoms with Crippen LogP contribution in [0.1, 0.15) is 37.4 Å². The largest absolute Gasteiger partial charge is 0.279 e. The second-order valence-corrected chi connectivity index (χ2v) is 5.62. The van der Waals surface area contributed by atoms with Crippen molar-refractivity contribution in [3.8, 4) is 0 Å². The third-order valence-electron chi connectivity index (χ3n) is 2.96. The first kappa shape index (κ1) is 15.2. The number of aryl methyl sites for hydroxylation is 2. The Balaban J connectivity index is 1.97. The van der Waals surface area contributed by atoms with Crippen molar-refractivity contribution >= 4 is 23.2 Å². The monoisotopic (exact) mass is 306 g/mol. The quantitative estimate of drug-likeness (QED) is 0.857. The Bertz CT molecular complexity index is 665. The van der Waals surface area contributed by atoms with E-state index in [2.05, 4.69) is 10.9 Å². The molecule has 0 spiro atoms. The number of carbonyl (C=O) groups is 2. The van der Waals surface area contributed by atoms with Gasteiger partial charge in [0.15, 0.2) is 0 Å². The molecule has 0 aliphatic carbocycles. The zero-order chi connectivity index (χ0) is 15.4. The Hall–Kier alpha value is -2.21. The van der Waals surface area contributed by atoms with E-state index in [1.807, 2.05) is 13.8 Å². The first-order chi connectivity index (χ1) is 10.0. The Kier molecular flexibility index (Phi) is 4.70. The minimum Gasteiger partial charge on any atom is -0.267 e. The van der Waals surface area contributed by atoms with Crippen LogP contribution in [-0.2, 0) is 6.42 Å². The van der Waals surface area contributed by atoms with Crippen LogP contribution in [0.2, 0.25) is 0 Å². The van der Waals surface area contributed by atoms with E-state index in [0.29, 0.717) is 4.88 Å². The van der Waals surface area contributed by atoms with Gasteiger partial charge in [-0.3, -0.25) is 20.4 Å². The van der Waals surface area contributed by atoms with Crippen molar-refractivity contribution in [2.24, 2.45) is 0 Å². The van der Waals surface area contributed by atoms with E-state index >= 15 is 0 Å². The molecule has 110 valence electrons. The van der Waals surface area contributed by atoms with Crippen LogP contribution >= 0.6 is 11.3 Å². The fraction of sp³-hybridized carbons (Fsp3) is 0.200. The van der Waals surface area contributed by atoms with Gasteiger partial charge < -0.3 is 0 Å². The molecule has 1 heterocycles. The van der Waals surface area contributed by atoms with Crippen LogP contribution < -0.4 is 10.9 Å². The molecule has 1 aromatic heterocycles. The molecule has 0 saturated carbocycles. The molecule has 2 aromatic rings. The summed E-state index contributed by atoms with van der Waals surface area (Å²) in [6.45, 7) is 3.97. The van der Waals surface area contributed by atoms with E-state index in [1.165, 1.54) is 35.6 Å². The molecular formula is C15H15FN2O2S. The molecule has 0 unspecified atom stereocenters. The highest BCUT2D eigenvalue weighted by atomic mass is 32.1. The normalized spacial score (nSPS) is 10.2. The minimum atomic E-state index is -0.493. The van der Waals surface area contributed by atoms with E-state index in [4.69, 9.17) is 0 Å². The number of rotatable bonds is 3. The Morgan fingerprint density at radius 2 is 1.76 bits per heavy atom. The summed E-state index contributed by atoms with van der Waals surface area (Å²) in [5.41, 5.74) is 6.00. The van der Waals surface area contributed by atoms with Gasteiger partial charge in [0, 0.05) is 10.4 Å². The van der Waals surface area contributed by atoms with Gasteiger partial charge in [0.1, 0.15) is 5.82 Å². The average molecular weight is 306 g/mol. The summed E-state index contributed by atoms with van der Waals surface area (Å²) in [5, 5.41) is 0. The SMILES string of the molecule is CCc1sc(C(=O)NNC(=O)c2ccc(F)cc2)cc1C. The Morgan fingerprint density at radius 3 is 2.33 bits per heavy atom. The van der Waals surface area contributed by atoms with Crippen molar-refractivity contribution in [2.75, 3.05) is 0 Å². The third-order valence-corrected chi connectivity index (χ3v) is 4.34. The number of amides is 2. The van der Waals surface area contributed by atoms with Crippen molar-refractivity contribution in [3.63, 3.8) is 0 Å². The first-order valence-corrected chi connectivity index (χ1v) is 7.28. The molecule has 4 nitrogen and oxygen atoms in total. The molecule has 21 heavy (non-hydrogen) atoms. The second kappa shape index (κ2) is 6.49. The van der Waals surface area contributed by atoms with Gasteiger partial charge in [-0.1, -0.05) is 6.92 Å². The highest BCUT2D eigenvalue weighted by molar-refractivity contribution is 7.14. The number of halogens is 1. The third kappa shape index (κ3) is 3.66. The van der Waals surface area contributed by atoms with Crippen LogP contribution in [0.15, 0.2) is 30.3 Å². The number of thiophene rings is 1. The summed E-state index contributed by atoms with van der Waals surface area (Å²) < 4.78 is 12.8. The lowest BCUT2D eigenvalue weighted by atomic mass is 10.2. The number of benzene rings is 1. The highest BCUT2D eigenvalue weighted by Gasteiger charge is 2.13. The standard InChI is InChI=1S/C15H15FN2O2S/c1-3-12-9(2)8-13(21-12)15(20)18-17-14(19)10-4-6-11(16)7-5-10/h4-8H,3H2,1-2H3,(H,17,19)(H,18,20). The lowest BCUT2D eigenvalue weighted by molar-refractivity contribution is 0.0849. The van der Waals surface area contributed by atoms with Gasteiger partial charge >= 0.3 is 0 Å². The maximum Gasteiger partial charge on any atom is 0.279 e. The molecular weight excluding hydrogens is 291 g/mol. The van der Waals surface area contributed by atoms with Crippen LogP contribution in [0.3, 0.4) is 0 Å². The molecule has 2 N–H and O–H groups in total. The molecule has 0 atom stereocenters. The predicted octanol–water partition coefficient (Wildman–Crippen LogP) is 2.83. The summed E-state index contributed by atoms with van der Waals surface area (Å²) in [5.74, 6) is -1.28. The van der Waals surface area contributed by atoms with Crippen molar-refractivity contribution in [1.29, 1.82) is 0 Å². The van der Waals surface area contributed by atoms with Gasteiger partial charge in [-0.05, 0) is 49.2 Å². The van der Waals surface area contributed by atoms with Crippen LogP contribution in [0.25, 0.3) is 0 Å². The topological polar surface area (TPSA) is 58.2 Å². The molecule has 0 aliphatic heterocycles. The lowest BCUT2D eigenvalue weighted by Gasteiger charge is -2.06. The maximum absolute atomic E-state index is 12.8. The van der Waals surface area contributed by atoms with E-state index in [0.717, 1.165) is 16.9 Å². The lowest BCUT2D eigenvalue weighted by Crippen LogP contribution is -2.41. The van der Waals surface area contributed by atoms with E-state index in [-0.39, 0.29) is 11.5 Å². The maximum atomic E-state index is 12.8. The average Bonchev–Trinajstić information content (AvgIpc) is 2.86. The van der Waals surface area contributed by atoms with E-state index in [9.17, 15) is 14.0 Å². The highest BCUT2D eigenvalue weighted by Crippen LogP contribution is 2.21. The Labute approximate surface area is 126 Å². The summed E-state index contributed by atoms with van der Waals surface area (Å²) in [6, 6.07) is 6.87. The fourth-order valence-corrected chi connectivity index (χ4v) is 2.84. The van der Waals surface area contributed by atoms with Crippen LogP contribution in [0.4, 0.5) is 4.39 Å². The van der Waals surface area contributed by atoms with Gasteiger partial charge in [0.2, 0.25) is 0 Å².